The highest BCUT2D eigenvalue weighted by Crippen LogP contribution is 2.15. The van der Waals surface area contributed by atoms with Gasteiger partial charge >= 0.3 is 0 Å². The van der Waals surface area contributed by atoms with Crippen molar-refractivity contribution in [3.63, 3.8) is 0 Å². The van der Waals surface area contributed by atoms with Crippen molar-refractivity contribution in [1.82, 2.24) is 9.62 Å². The minimum absolute atomic E-state index is 0.0574. The summed E-state index contributed by atoms with van der Waals surface area (Å²) in [6.45, 7) is 5.95. The van der Waals surface area contributed by atoms with Crippen molar-refractivity contribution in [2.45, 2.75) is 38.1 Å². The quantitative estimate of drug-likeness (QED) is 0.787. The van der Waals surface area contributed by atoms with Crippen molar-refractivity contribution >= 4 is 15.9 Å². The predicted molar refractivity (Wildman–Crippen MR) is 85.3 cm³/mol. The molecule has 1 atom stereocenters. The maximum Gasteiger partial charge on any atom is 0.240 e. The van der Waals surface area contributed by atoms with Crippen LogP contribution in [-0.4, -0.2) is 45.5 Å². The van der Waals surface area contributed by atoms with E-state index < -0.39 is 10.0 Å². The Morgan fingerprint density at radius 2 is 1.91 bits per heavy atom. The van der Waals surface area contributed by atoms with E-state index in [1.807, 2.05) is 13.8 Å². The molecule has 1 rings (SSSR count). The molecule has 1 unspecified atom stereocenters. The summed E-state index contributed by atoms with van der Waals surface area (Å²) < 4.78 is 31.8. The molecule has 1 aromatic carbocycles. The number of rotatable bonds is 8. The summed E-state index contributed by atoms with van der Waals surface area (Å²) in [6, 6.07) is 6.24. The van der Waals surface area contributed by atoms with Crippen molar-refractivity contribution < 1.29 is 17.9 Å². The van der Waals surface area contributed by atoms with Crippen LogP contribution in [0.2, 0.25) is 0 Å². The van der Waals surface area contributed by atoms with Crippen LogP contribution in [0.3, 0.4) is 0 Å². The van der Waals surface area contributed by atoms with E-state index >= 15 is 0 Å². The SMILES string of the molecule is CCC(C)N(CCNS(=O)(=O)c1ccc(OC)cc1)C(C)=O. The average molecular weight is 328 g/mol. The van der Waals surface area contributed by atoms with Crippen molar-refractivity contribution in [2.75, 3.05) is 20.2 Å². The Balaban J connectivity index is 2.66. The van der Waals surface area contributed by atoms with Crippen LogP contribution in [0.5, 0.6) is 5.75 Å². The van der Waals surface area contributed by atoms with Gasteiger partial charge in [0.1, 0.15) is 5.75 Å². The fraction of sp³-hybridized carbons (Fsp3) is 0.533. The molecule has 0 saturated heterocycles. The van der Waals surface area contributed by atoms with Crippen LogP contribution in [0.4, 0.5) is 0 Å². The summed E-state index contributed by atoms with van der Waals surface area (Å²) in [6.07, 6.45) is 0.824. The zero-order valence-corrected chi connectivity index (χ0v) is 14.3. The number of carbonyl (C=O) groups is 1. The molecule has 1 N–H and O–H groups in total. The smallest absolute Gasteiger partial charge is 0.240 e. The van der Waals surface area contributed by atoms with Crippen LogP contribution in [0, 0.1) is 0 Å². The second kappa shape index (κ2) is 8.14. The van der Waals surface area contributed by atoms with E-state index in [0.29, 0.717) is 12.3 Å². The molecule has 0 radical (unpaired) electrons. The van der Waals surface area contributed by atoms with Gasteiger partial charge in [0.15, 0.2) is 0 Å². The number of carbonyl (C=O) groups excluding carboxylic acids is 1. The molecule has 0 fully saturated rings. The third kappa shape index (κ3) is 4.99. The first-order valence-electron chi connectivity index (χ1n) is 7.22. The predicted octanol–water partition coefficient (Wildman–Crippen LogP) is 1.62. The van der Waals surface area contributed by atoms with Crippen molar-refractivity contribution in [1.29, 1.82) is 0 Å². The molecule has 124 valence electrons. The first kappa shape index (κ1) is 18.4. The monoisotopic (exact) mass is 328 g/mol. The molecule has 0 bridgehead atoms. The molecule has 0 aliphatic carbocycles. The van der Waals surface area contributed by atoms with Crippen LogP contribution >= 0.6 is 0 Å². The third-order valence-corrected chi connectivity index (χ3v) is 5.02. The van der Waals surface area contributed by atoms with E-state index in [0.717, 1.165) is 6.42 Å². The highest BCUT2D eigenvalue weighted by Gasteiger charge is 2.17. The Hall–Kier alpha value is -1.60. The van der Waals surface area contributed by atoms with Gasteiger partial charge in [-0.3, -0.25) is 4.79 Å². The number of nitrogens with one attached hydrogen (secondary N) is 1. The fourth-order valence-corrected chi connectivity index (χ4v) is 3.07. The summed E-state index contributed by atoms with van der Waals surface area (Å²) in [5.41, 5.74) is 0. The zero-order valence-electron chi connectivity index (χ0n) is 13.5. The molecule has 0 saturated carbocycles. The largest absolute Gasteiger partial charge is 0.497 e. The molecule has 22 heavy (non-hydrogen) atoms. The van der Waals surface area contributed by atoms with Gasteiger partial charge in [0.25, 0.3) is 0 Å². The van der Waals surface area contributed by atoms with E-state index in [1.54, 1.807) is 17.0 Å². The maximum absolute atomic E-state index is 12.2. The second-order valence-electron chi connectivity index (χ2n) is 5.04. The van der Waals surface area contributed by atoms with Crippen LogP contribution in [-0.2, 0) is 14.8 Å². The summed E-state index contributed by atoms with van der Waals surface area (Å²) in [5.74, 6) is 0.538. The number of sulfonamides is 1. The van der Waals surface area contributed by atoms with Gasteiger partial charge in [-0.15, -0.1) is 0 Å². The highest BCUT2D eigenvalue weighted by molar-refractivity contribution is 7.89. The molecule has 6 nitrogen and oxygen atoms in total. The van der Waals surface area contributed by atoms with Crippen molar-refractivity contribution in [2.24, 2.45) is 0 Å². The average Bonchev–Trinajstić information content (AvgIpc) is 2.50. The molecule has 1 aromatic rings. The Labute approximate surface area is 132 Å². The minimum atomic E-state index is -3.58. The summed E-state index contributed by atoms with van der Waals surface area (Å²) >= 11 is 0. The lowest BCUT2D eigenvalue weighted by Gasteiger charge is -2.27. The molecular formula is C15H24N2O4S. The zero-order chi connectivity index (χ0) is 16.8. The van der Waals surface area contributed by atoms with E-state index in [1.165, 1.54) is 26.2 Å². The van der Waals surface area contributed by atoms with Crippen LogP contribution in [0.1, 0.15) is 27.2 Å². The second-order valence-corrected chi connectivity index (χ2v) is 6.81. The molecule has 0 aliphatic rings. The number of hydrogen-bond acceptors (Lipinski definition) is 4. The lowest BCUT2D eigenvalue weighted by molar-refractivity contribution is -0.130. The standard InChI is InChI=1S/C15H24N2O4S/c1-5-12(2)17(13(3)18)11-10-16-22(19,20)15-8-6-14(21-4)7-9-15/h6-9,12,16H,5,10-11H2,1-4H3. The lowest BCUT2D eigenvalue weighted by Crippen LogP contribution is -2.42. The lowest BCUT2D eigenvalue weighted by atomic mass is 10.2. The van der Waals surface area contributed by atoms with E-state index in [4.69, 9.17) is 4.74 Å². The topological polar surface area (TPSA) is 75.7 Å². The first-order valence-corrected chi connectivity index (χ1v) is 8.71. The molecule has 1 amide bonds. The molecule has 0 heterocycles. The van der Waals surface area contributed by atoms with Crippen LogP contribution in [0.15, 0.2) is 29.2 Å². The minimum Gasteiger partial charge on any atom is -0.497 e. The van der Waals surface area contributed by atoms with Gasteiger partial charge in [-0.25, -0.2) is 13.1 Å². The van der Waals surface area contributed by atoms with Crippen molar-refractivity contribution in [3.8, 4) is 5.75 Å². The molecule has 0 spiro atoms. The van der Waals surface area contributed by atoms with Crippen LogP contribution < -0.4 is 9.46 Å². The van der Waals surface area contributed by atoms with Crippen LogP contribution in [0.25, 0.3) is 0 Å². The van der Waals surface area contributed by atoms with Gasteiger partial charge in [-0.2, -0.15) is 0 Å². The van der Waals surface area contributed by atoms with Gasteiger partial charge < -0.3 is 9.64 Å². The van der Waals surface area contributed by atoms with Gasteiger partial charge in [-0.05, 0) is 37.6 Å². The normalized spacial score (nSPS) is 12.7. The maximum atomic E-state index is 12.2. The number of methoxy groups -OCH3 is 1. The molecule has 7 heteroatoms. The number of benzene rings is 1. The van der Waals surface area contributed by atoms with Gasteiger partial charge in [0.05, 0.1) is 12.0 Å². The van der Waals surface area contributed by atoms with Gasteiger partial charge in [0, 0.05) is 26.1 Å². The molecular weight excluding hydrogens is 304 g/mol. The van der Waals surface area contributed by atoms with E-state index in [9.17, 15) is 13.2 Å². The third-order valence-electron chi connectivity index (χ3n) is 3.54. The number of nitrogens with zero attached hydrogens (tertiary/aromatic N) is 1. The number of hydrogen-bond donors (Lipinski definition) is 1. The van der Waals surface area contributed by atoms with E-state index in [-0.39, 0.29) is 23.4 Å². The highest BCUT2D eigenvalue weighted by atomic mass is 32.2. The van der Waals surface area contributed by atoms with Gasteiger partial charge in [0.2, 0.25) is 15.9 Å². The Kier molecular flexibility index (Phi) is 6.83. The van der Waals surface area contributed by atoms with Crippen molar-refractivity contribution in [3.05, 3.63) is 24.3 Å². The summed E-state index contributed by atoms with van der Waals surface area (Å²) in [7, 11) is -2.06. The summed E-state index contributed by atoms with van der Waals surface area (Å²) in [5, 5.41) is 0. The molecule has 0 aliphatic heterocycles. The summed E-state index contributed by atoms with van der Waals surface area (Å²) in [4.78, 5) is 13.4. The Morgan fingerprint density at radius 1 is 1.32 bits per heavy atom. The Morgan fingerprint density at radius 3 is 2.36 bits per heavy atom. The first-order chi connectivity index (χ1) is 10.3. The van der Waals surface area contributed by atoms with E-state index in [2.05, 4.69) is 4.72 Å². The molecule has 0 aromatic heterocycles. The fourth-order valence-electron chi connectivity index (χ4n) is 2.05. The number of ether oxygens (including phenoxy) is 1. The van der Waals surface area contributed by atoms with Gasteiger partial charge in [-0.1, -0.05) is 6.92 Å². The number of amides is 1. The Bertz CT molecular complexity index is 584.